The van der Waals surface area contributed by atoms with Gasteiger partial charge in [-0.3, -0.25) is 14.4 Å². The highest BCUT2D eigenvalue weighted by molar-refractivity contribution is 5.80. The van der Waals surface area contributed by atoms with Gasteiger partial charge in [0.05, 0.1) is 12.5 Å². The molecule has 2 amide bonds. The summed E-state index contributed by atoms with van der Waals surface area (Å²) in [7, 11) is 0. The van der Waals surface area contributed by atoms with E-state index in [1.165, 1.54) is 11.8 Å². The first-order valence-electron chi connectivity index (χ1n) is 8.34. The number of carbonyl (C=O) groups excluding carboxylic acids is 2. The molecule has 130 valence electrons. The highest BCUT2D eigenvalue weighted by Gasteiger charge is 2.31. The molecule has 0 radical (unpaired) electrons. The summed E-state index contributed by atoms with van der Waals surface area (Å²) in [6.07, 6.45) is 3.94. The van der Waals surface area contributed by atoms with Crippen LogP contribution in [0.15, 0.2) is 0 Å². The van der Waals surface area contributed by atoms with E-state index in [9.17, 15) is 14.4 Å². The first-order valence-corrected chi connectivity index (χ1v) is 8.34. The summed E-state index contributed by atoms with van der Waals surface area (Å²) in [6.45, 7) is 3.60. The maximum absolute atomic E-state index is 12.6. The standard InChI is InChI=1S/C16H26N2O5/c1-12(19)18(10-15(20)21)14-5-2-7-17(8-6-14)16(22)13-4-3-9-23-11-13/h13-14H,2-11H2,1H3,(H,20,21). The Kier molecular flexibility index (Phi) is 6.38. The third kappa shape index (κ3) is 4.92. The van der Waals surface area contributed by atoms with Gasteiger partial charge in [0, 0.05) is 32.7 Å². The van der Waals surface area contributed by atoms with Crippen molar-refractivity contribution in [3.63, 3.8) is 0 Å². The zero-order valence-electron chi connectivity index (χ0n) is 13.7. The number of rotatable bonds is 4. The maximum atomic E-state index is 12.6. The molecule has 0 spiro atoms. The molecule has 0 aromatic rings. The fourth-order valence-corrected chi connectivity index (χ4v) is 3.45. The maximum Gasteiger partial charge on any atom is 0.323 e. The second-order valence-electron chi connectivity index (χ2n) is 6.36. The zero-order chi connectivity index (χ0) is 16.8. The van der Waals surface area contributed by atoms with Crippen LogP contribution in [-0.4, -0.2) is 71.6 Å². The molecule has 2 fully saturated rings. The Morgan fingerprint density at radius 2 is 1.96 bits per heavy atom. The van der Waals surface area contributed by atoms with Crippen LogP contribution in [0.5, 0.6) is 0 Å². The molecule has 0 aliphatic carbocycles. The average molecular weight is 326 g/mol. The van der Waals surface area contributed by atoms with Gasteiger partial charge in [0.15, 0.2) is 0 Å². The number of hydrogen-bond donors (Lipinski definition) is 1. The van der Waals surface area contributed by atoms with E-state index in [4.69, 9.17) is 9.84 Å². The van der Waals surface area contributed by atoms with E-state index in [1.54, 1.807) is 0 Å². The Hall–Kier alpha value is -1.63. The molecular weight excluding hydrogens is 300 g/mol. The number of hydrogen-bond acceptors (Lipinski definition) is 4. The Morgan fingerprint density at radius 1 is 1.17 bits per heavy atom. The van der Waals surface area contributed by atoms with Crippen LogP contribution in [0.3, 0.4) is 0 Å². The van der Waals surface area contributed by atoms with E-state index in [0.29, 0.717) is 26.1 Å². The zero-order valence-corrected chi connectivity index (χ0v) is 13.7. The summed E-state index contributed by atoms with van der Waals surface area (Å²) in [5, 5.41) is 8.97. The van der Waals surface area contributed by atoms with Gasteiger partial charge < -0.3 is 19.6 Å². The molecule has 2 atom stereocenters. The molecule has 2 heterocycles. The first-order chi connectivity index (χ1) is 11.0. The monoisotopic (exact) mass is 326 g/mol. The normalized spacial score (nSPS) is 25.5. The number of nitrogens with zero attached hydrogens (tertiary/aromatic N) is 2. The van der Waals surface area contributed by atoms with Gasteiger partial charge in [0.2, 0.25) is 11.8 Å². The Morgan fingerprint density at radius 3 is 2.57 bits per heavy atom. The van der Waals surface area contributed by atoms with Crippen molar-refractivity contribution >= 4 is 17.8 Å². The molecule has 7 heteroatoms. The lowest BCUT2D eigenvalue weighted by Gasteiger charge is -2.30. The number of carboxylic acids is 1. The number of ether oxygens (including phenoxy) is 1. The summed E-state index contributed by atoms with van der Waals surface area (Å²) in [5.74, 6) is -1.14. The van der Waals surface area contributed by atoms with Crippen molar-refractivity contribution in [3.8, 4) is 0 Å². The molecule has 7 nitrogen and oxygen atoms in total. The van der Waals surface area contributed by atoms with Crippen molar-refractivity contribution in [2.45, 2.75) is 45.1 Å². The van der Waals surface area contributed by atoms with Crippen LogP contribution < -0.4 is 0 Å². The van der Waals surface area contributed by atoms with Crippen LogP contribution in [0.2, 0.25) is 0 Å². The van der Waals surface area contributed by atoms with E-state index >= 15 is 0 Å². The fraction of sp³-hybridized carbons (Fsp3) is 0.812. The summed E-state index contributed by atoms with van der Waals surface area (Å²) in [5.41, 5.74) is 0. The Balaban J connectivity index is 1.93. The highest BCUT2D eigenvalue weighted by atomic mass is 16.5. The van der Waals surface area contributed by atoms with Crippen molar-refractivity contribution in [1.29, 1.82) is 0 Å². The molecule has 23 heavy (non-hydrogen) atoms. The van der Waals surface area contributed by atoms with Crippen LogP contribution in [0.4, 0.5) is 0 Å². The van der Waals surface area contributed by atoms with Gasteiger partial charge in [0.25, 0.3) is 0 Å². The van der Waals surface area contributed by atoms with Gasteiger partial charge in [-0.15, -0.1) is 0 Å². The predicted octanol–water partition coefficient (Wildman–Crippen LogP) is 0.727. The molecule has 2 saturated heterocycles. The Bertz CT molecular complexity index is 448. The molecule has 2 unspecified atom stereocenters. The van der Waals surface area contributed by atoms with Gasteiger partial charge in [0.1, 0.15) is 6.54 Å². The van der Waals surface area contributed by atoms with Crippen LogP contribution in [0, 0.1) is 5.92 Å². The second-order valence-corrected chi connectivity index (χ2v) is 6.36. The quantitative estimate of drug-likeness (QED) is 0.823. The smallest absolute Gasteiger partial charge is 0.323 e. The highest BCUT2D eigenvalue weighted by Crippen LogP contribution is 2.21. The molecule has 0 saturated carbocycles. The van der Waals surface area contributed by atoms with Crippen molar-refractivity contribution in [1.82, 2.24) is 9.80 Å². The van der Waals surface area contributed by atoms with Crippen molar-refractivity contribution in [2.75, 3.05) is 32.8 Å². The first kappa shape index (κ1) is 17.7. The van der Waals surface area contributed by atoms with Gasteiger partial charge in [-0.2, -0.15) is 0 Å². The summed E-state index contributed by atoms with van der Waals surface area (Å²) < 4.78 is 5.39. The fourth-order valence-electron chi connectivity index (χ4n) is 3.45. The SMILES string of the molecule is CC(=O)N(CC(=O)O)C1CCCN(C(=O)C2CCCOC2)CC1. The third-order valence-electron chi connectivity index (χ3n) is 4.67. The lowest BCUT2D eigenvalue weighted by Crippen LogP contribution is -2.43. The minimum absolute atomic E-state index is 0.0526. The number of carboxylic acid groups (broad SMARTS) is 1. The Labute approximate surface area is 136 Å². The number of amides is 2. The van der Waals surface area contributed by atoms with Crippen LogP contribution in [0.1, 0.15) is 39.0 Å². The van der Waals surface area contributed by atoms with E-state index in [0.717, 1.165) is 32.3 Å². The lowest BCUT2D eigenvalue weighted by molar-refractivity contribution is -0.145. The molecule has 2 aliphatic heterocycles. The van der Waals surface area contributed by atoms with Gasteiger partial charge in [-0.25, -0.2) is 0 Å². The van der Waals surface area contributed by atoms with Gasteiger partial charge >= 0.3 is 5.97 Å². The molecule has 1 N–H and O–H groups in total. The second kappa shape index (κ2) is 8.29. The molecule has 0 aromatic heterocycles. The van der Waals surface area contributed by atoms with Crippen LogP contribution >= 0.6 is 0 Å². The van der Waals surface area contributed by atoms with Gasteiger partial charge in [-0.05, 0) is 32.1 Å². The molecule has 0 aromatic carbocycles. The molecular formula is C16H26N2O5. The number of likely N-dealkylation sites (tertiary alicyclic amines) is 1. The number of carbonyl (C=O) groups is 3. The largest absolute Gasteiger partial charge is 0.480 e. The van der Waals surface area contributed by atoms with E-state index in [-0.39, 0.29) is 30.3 Å². The van der Waals surface area contributed by atoms with Crippen LogP contribution in [-0.2, 0) is 19.1 Å². The van der Waals surface area contributed by atoms with Crippen molar-refractivity contribution < 1.29 is 24.2 Å². The van der Waals surface area contributed by atoms with Crippen LogP contribution in [0.25, 0.3) is 0 Å². The minimum Gasteiger partial charge on any atom is -0.480 e. The van der Waals surface area contributed by atoms with Crippen molar-refractivity contribution in [3.05, 3.63) is 0 Å². The third-order valence-corrected chi connectivity index (χ3v) is 4.67. The molecule has 2 rings (SSSR count). The predicted molar refractivity (Wildman–Crippen MR) is 82.8 cm³/mol. The van der Waals surface area contributed by atoms with Gasteiger partial charge in [-0.1, -0.05) is 0 Å². The molecule has 2 aliphatic rings. The molecule has 0 bridgehead atoms. The summed E-state index contributed by atoms with van der Waals surface area (Å²) >= 11 is 0. The summed E-state index contributed by atoms with van der Waals surface area (Å²) in [4.78, 5) is 38.5. The van der Waals surface area contributed by atoms with E-state index in [1.807, 2.05) is 4.90 Å². The topological polar surface area (TPSA) is 87.2 Å². The summed E-state index contributed by atoms with van der Waals surface area (Å²) in [6, 6.07) is -0.107. The average Bonchev–Trinajstić information content (AvgIpc) is 2.78. The number of aliphatic carboxylic acids is 1. The minimum atomic E-state index is -1.00. The van der Waals surface area contributed by atoms with E-state index in [2.05, 4.69) is 0 Å². The van der Waals surface area contributed by atoms with E-state index < -0.39 is 5.97 Å². The lowest BCUT2D eigenvalue weighted by atomic mass is 10.0. The van der Waals surface area contributed by atoms with Crippen molar-refractivity contribution in [2.24, 2.45) is 5.92 Å².